The number of rotatable bonds is 4. The van der Waals surface area contributed by atoms with Crippen LogP contribution in [0.1, 0.15) is 21.7 Å². The van der Waals surface area contributed by atoms with Gasteiger partial charge in [-0.2, -0.15) is 13.2 Å². The summed E-state index contributed by atoms with van der Waals surface area (Å²) in [6, 6.07) is 9.21. The minimum atomic E-state index is -4.38. The third-order valence-corrected chi connectivity index (χ3v) is 3.38. The van der Waals surface area contributed by atoms with Crippen molar-refractivity contribution in [1.29, 1.82) is 0 Å². The standard InChI is InChI=1S/C17H13F3N4O2/c1-10-8-15(24-26-10)23-16(25)11-2-7-14(21-9-11)22-13-5-3-12(4-6-13)17(18,19)20/h2-9H,1H3,(H,21,22)(H,23,24,25). The number of pyridine rings is 1. The normalized spacial score (nSPS) is 11.2. The summed E-state index contributed by atoms with van der Waals surface area (Å²) >= 11 is 0. The van der Waals surface area contributed by atoms with Crippen molar-refractivity contribution in [2.45, 2.75) is 13.1 Å². The van der Waals surface area contributed by atoms with Gasteiger partial charge >= 0.3 is 6.18 Å². The van der Waals surface area contributed by atoms with E-state index in [1.165, 1.54) is 24.4 Å². The van der Waals surface area contributed by atoms with Crippen LogP contribution in [0.3, 0.4) is 0 Å². The molecule has 1 aromatic carbocycles. The molecular weight excluding hydrogens is 349 g/mol. The van der Waals surface area contributed by atoms with Gasteiger partial charge in [0.25, 0.3) is 5.91 Å². The van der Waals surface area contributed by atoms with Crippen LogP contribution in [0, 0.1) is 6.92 Å². The molecule has 0 unspecified atom stereocenters. The fraction of sp³-hybridized carbons (Fsp3) is 0.118. The number of aromatic nitrogens is 2. The monoisotopic (exact) mass is 362 g/mol. The second-order valence-corrected chi connectivity index (χ2v) is 5.41. The van der Waals surface area contributed by atoms with Gasteiger partial charge in [-0.3, -0.25) is 4.79 Å². The number of nitrogens with zero attached hydrogens (tertiary/aromatic N) is 2. The molecule has 0 aliphatic heterocycles. The lowest BCUT2D eigenvalue weighted by Gasteiger charge is -2.09. The number of aryl methyl sites for hydroxylation is 1. The lowest BCUT2D eigenvalue weighted by molar-refractivity contribution is -0.137. The highest BCUT2D eigenvalue weighted by Gasteiger charge is 2.29. The Balaban J connectivity index is 1.65. The van der Waals surface area contributed by atoms with E-state index in [2.05, 4.69) is 20.8 Å². The predicted molar refractivity (Wildman–Crippen MR) is 88.2 cm³/mol. The van der Waals surface area contributed by atoms with E-state index in [0.29, 0.717) is 28.6 Å². The second kappa shape index (κ2) is 6.87. The van der Waals surface area contributed by atoms with Crippen molar-refractivity contribution >= 4 is 23.2 Å². The van der Waals surface area contributed by atoms with E-state index in [4.69, 9.17) is 4.52 Å². The molecule has 2 heterocycles. The molecule has 0 aliphatic carbocycles. The molecule has 0 atom stereocenters. The molecule has 2 N–H and O–H groups in total. The average molecular weight is 362 g/mol. The molecule has 0 aliphatic rings. The number of halogens is 3. The number of carbonyl (C=O) groups excluding carboxylic acids is 1. The van der Waals surface area contributed by atoms with E-state index in [1.807, 2.05) is 0 Å². The minimum Gasteiger partial charge on any atom is -0.360 e. The molecule has 26 heavy (non-hydrogen) atoms. The number of carbonyl (C=O) groups is 1. The summed E-state index contributed by atoms with van der Waals surface area (Å²) in [5.41, 5.74) is 0.00974. The van der Waals surface area contributed by atoms with Crippen molar-refractivity contribution in [2.24, 2.45) is 0 Å². The fourth-order valence-electron chi connectivity index (χ4n) is 2.11. The number of hydrogen-bond donors (Lipinski definition) is 2. The van der Waals surface area contributed by atoms with Crippen LogP contribution in [-0.2, 0) is 6.18 Å². The van der Waals surface area contributed by atoms with E-state index in [-0.39, 0.29) is 0 Å². The maximum atomic E-state index is 12.5. The van der Waals surface area contributed by atoms with Crippen molar-refractivity contribution < 1.29 is 22.5 Å². The number of benzene rings is 1. The highest BCUT2D eigenvalue weighted by atomic mass is 19.4. The van der Waals surface area contributed by atoms with Crippen LogP contribution in [0.4, 0.5) is 30.5 Å². The van der Waals surface area contributed by atoms with Gasteiger partial charge in [0, 0.05) is 18.0 Å². The van der Waals surface area contributed by atoms with Gasteiger partial charge in [-0.25, -0.2) is 4.98 Å². The van der Waals surface area contributed by atoms with Gasteiger partial charge in [0.2, 0.25) is 0 Å². The first-order valence-corrected chi connectivity index (χ1v) is 7.46. The topological polar surface area (TPSA) is 80.0 Å². The lowest BCUT2D eigenvalue weighted by atomic mass is 10.2. The maximum Gasteiger partial charge on any atom is 0.416 e. The van der Waals surface area contributed by atoms with Crippen LogP contribution in [0.15, 0.2) is 53.2 Å². The Kier molecular flexibility index (Phi) is 4.61. The Morgan fingerprint density at radius 3 is 2.35 bits per heavy atom. The Labute approximate surface area is 146 Å². The summed E-state index contributed by atoms with van der Waals surface area (Å²) in [6.07, 6.45) is -3.04. The van der Waals surface area contributed by atoms with Crippen LogP contribution >= 0.6 is 0 Å². The highest BCUT2D eigenvalue weighted by molar-refractivity contribution is 6.03. The Morgan fingerprint density at radius 2 is 1.81 bits per heavy atom. The van der Waals surface area contributed by atoms with Gasteiger partial charge in [-0.05, 0) is 43.3 Å². The average Bonchev–Trinajstić information content (AvgIpc) is 3.00. The number of alkyl halides is 3. The third kappa shape index (κ3) is 4.18. The molecule has 3 aromatic rings. The van der Waals surface area contributed by atoms with Gasteiger partial charge in [-0.1, -0.05) is 5.16 Å². The van der Waals surface area contributed by atoms with Crippen LogP contribution in [0.25, 0.3) is 0 Å². The van der Waals surface area contributed by atoms with Crippen molar-refractivity contribution in [1.82, 2.24) is 10.1 Å². The van der Waals surface area contributed by atoms with Crippen LogP contribution in [0.2, 0.25) is 0 Å². The van der Waals surface area contributed by atoms with E-state index in [9.17, 15) is 18.0 Å². The summed E-state index contributed by atoms with van der Waals surface area (Å²) < 4.78 is 42.5. The Morgan fingerprint density at radius 1 is 1.08 bits per heavy atom. The first-order valence-electron chi connectivity index (χ1n) is 7.46. The zero-order valence-electron chi connectivity index (χ0n) is 13.5. The van der Waals surface area contributed by atoms with E-state index in [0.717, 1.165) is 12.1 Å². The molecule has 3 rings (SSSR count). The van der Waals surface area contributed by atoms with Crippen molar-refractivity contribution in [3.05, 3.63) is 65.5 Å². The highest BCUT2D eigenvalue weighted by Crippen LogP contribution is 2.30. The molecule has 134 valence electrons. The van der Waals surface area contributed by atoms with Crippen molar-refractivity contribution in [3.8, 4) is 0 Å². The lowest BCUT2D eigenvalue weighted by Crippen LogP contribution is -2.12. The smallest absolute Gasteiger partial charge is 0.360 e. The molecule has 0 bridgehead atoms. The summed E-state index contributed by atoms with van der Waals surface area (Å²) in [6.45, 7) is 1.70. The predicted octanol–water partition coefficient (Wildman–Crippen LogP) is 4.39. The third-order valence-electron chi connectivity index (χ3n) is 3.38. The molecule has 0 radical (unpaired) electrons. The van der Waals surface area contributed by atoms with Gasteiger partial charge in [0.15, 0.2) is 5.82 Å². The summed E-state index contributed by atoms with van der Waals surface area (Å²) in [5, 5.41) is 9.08. The number of anilines is 3. The number of hydrogen-bond acceptors (Lipinski definition) is 5. The van der Waals surface area contributed by atoms with E-state index < -0.39 is 17.6 Å². The SMILES string of the molecule is Cc1cc(NC(=O)c2ccc(Nc3ccc(C(F)(F)F)cc3)nc2)no1. The molecule has 0 spiro atoms. The summed E-state index contributed by atoms with van der Waals surface area (Å²) in [5.74, 6) is 0.833. The van der Waals surface area contributed by atoms with Gasteiger partial charge in [-0.15, -0.1) is 0 Å². The quantitative estimate of drug-likeness (QED) is 0.719. The van der Waals surface area contributed by atoms with Crippen molar-refractivity contribution in [3.63, 3.8) is 0 Å². The minimum absolute atomic E-state index is 0.291. The van der Waals surface area contributed by atoms with Crippen LogP contribution in [-0.4, -0.2) is 16.0 Å². The summed E-state index contributed by atoms with van der Waals surface area (Å²) in [4.78, 5) is 16.1. The van der Waals surface area contributed by atoms with Crippen LogP contribution < -0.4 is 10.6 Å². The molecule has 0 fully saturated rings. The largest absolute Gasteiger partial charge is 0.416 e. The maximum absolute atomic E-state index is 12.5. The van der Waals surface area contributed by atoms with Crippen LogP contribution in [0.5, 0.6) is 0 Å². The summed E-state index contributed by atoms with van der Waals surface area (Å²) in [7, 11) is 0. The molecule has 6 nitrogen and oxygen atoms in total. The number of amides is 1. The van der Waals surface area contributed by atoms with Gasteiger partial charge in [0.1, 0.15) is 11.6 Å². The van der Waals surface area contributed by atoms with Crippen molar-refractivity contribution in [2.75, 3.05) is 10.6 Å². The Hall–Kier alpha value is -3.36. The molecule has 1 amide bonds. The molecular formula is C17H13F3N4O2. The van der Waals surface area contributed by atoms with E-state index >= 15 is 0 Å². The van der Waals surface area contributed by atoms with E-state index in [1.54, 1.807) is 19.1 Å². The number of nitrogens with one attached hydrogen (secondary N) is 2. The fourth-order valence-corrected chi connectivity index (χ4v) is 2.11. The molecule has 2 aromatic heterocycles. The second-order valence-electron chi connectivity index (χ2n) is 5.41. The molecule has 0 saturated heterocycles. The zero-order chi connectivity index (χ0) is 18.7. The first-order chi connectivity index (χ1) is 12.3. The molecule has 9 heteroatoms. The van der Waals surface area contributed by atoms with Gasteiger partial charge < -0.3 is 15.2 Å². The van der Waals surface area contributed by atoms with Gasteiger partial charge in [0.05, 0.1) is 11.1 Å². The molecule has 0 saturated carbocycles. The first kappa shape index (κ1) is 17.5. The Bertz CT molecular complexity index is 903. The zero-order valence-corrected chi connectivity index (χ0v) is 13.5.